The molecule has 0 unspecified atom stereocenters. The van der Waals surface area contributed by atoms with E-state index in [4.69, 9.17) is 10.5 Å². The van der Waals surface area contributed by atoms with Crippen LogP contribution < -0.4 is 10.5 Å². The summed E-state index contributed by atoms with van der Waals surface area (Å²) in [7, 11) is 0. The third-order valence-electron chi connectivity index (χ3n) is 2.60. The molecule has 94 valence electrons. The summed E-state index contributed by atoms with van der Waals surface area (Å²) in [6.07, 6.45) is 0. The number of pyridine rings is 1. The number of ether oxygens (including phenoxy) is 1. The third kappa shape index (κ3) is 3.31. The van der Waals surface area contributed by atoms with Crippen molar-refractivity contribution in [2.45, 2.75) is 20.1 Å². The van der Waals surface area contributed by atoms with E-state index < -0.39 is 0 Å². The summed E-state index contributed by atoms with van der Waals surface area (Å²) < 4.78 is 6.78. The van der Waals surface area contributed by atoms with Crippen molar-refractivity contribution in [2.75, 3.05) is 0 Å². The maximum Gasteiger partial charge on any atom is 0.130 e. The Bertz CT molecular complexity index is 543. The lowest BCUT2D eigenvalue weighted by atomic mass is 10.2. The average molecular weight is 307 g/mol. The smallest absolute Gasteiger partial charge is 0.130 e. The highest BCUT2D eigenvalue weighted by molar-refractivity contribution is 9.10. The van der Waals surface area contributed by atoms with Crippen molar-refractivity contribution in [2.24, 2.45) is 5.73 Å². The van der Waals surface area contributed by atoms with Crippen molar-refractivity contribution in [3.05, 3.63) is 57.8 Å². The zero-order chi connectivity index (χ0) is 13.0. The number of nitrogens with two attached hydrogens (primary N) is 1. The number of hydrogen-bond acceptors (Lipinski definition) is 3. The Hall–Kier alpha value is -1.39. The van der Waals surface area contributed by atoms with Gasteiger partial charge in [0.2, 0.25) is 0 Å². The van der Waals surface area contributed by atoms with E-state index in [1.807, 2.05) is 43.3 Å². The molecule has 4 heteroatoms. The lowest BCUT2D eigenvalue weighted by molar-refractivity contribution is 0.298. The molecular formula is C14H15BrN2O. The van der Waals surface area contributed by atoms with Gasteiger partial charge < -0.3 is 10.5 Å². The van der Waals surface area contributed by atoms with Crippen LogP contribution in [0.1, 0.15) is 17.0 Å². The molecule has 0 aliphatic carbocycles. The van der Waals surface area contributed by atoms with Crippen molar-refractivity contribution < 1.29 is 4.74 Å². The van der Waals surface area contributed by atoms with Crippen molar-refractivity contribution in [1.29, 1.82) is 0 Å². The Morgan fingerprint density at radius 2 is 2.00 bits per heavy atom. The molecule has 0 saturated carbocycles. The fourth-order valence-electron chi connectivity index (χ4n) is 1.60. The molecule has 0 spiro atoms. The summed E-state index contributed by atoms with van der Waals surface area (Å²) >= 11 is 3.43. The van der Waals surface area contributed by atoms with Gasteiger partial charge in [0.1, 0.15) is 12.4 Å². The first-order valence-electron chi connectivity index (χ1n) is 5.73. The molecule has 1 aromatic heterocycles. The molecule has 0 saturated heterocycles. The van der Waals surface area contributed by atoms with Crippen LogP contribution in [0.25, 0.3) is 0 Å². The first kappa shape index (κ1) is 13.1. The van der Waals surface area contributed by atoms with E-state index >= 15 is 0 Å². The summed E-state index contributed by atoms with van der Waals surface area (Å²) in [4.78, 5) is 4.40. The molecule has 0 aliphatic heterocycles. The predicted octanol–water partition coefficient (Wildman–Crippen LogP) is 3.19. The van der Waals surface area contributed by atoms with E-state index in [1.54, 1.807) is 0 Å². The summed E-state index contributed by atoms with van der Waals surface area (Å²) in [6.45, 7) is 2.92. The molecule has 18 heavy (non-hydrogen) atoms. The van der Waals surface area contributed by atoms with Crippen LogP contribution in [0.5, 0.6) is 5.75 Å². The van der Waals surface area contributed by atoms with E-state index in [0.717, 1.165) is 27.2 Å². The monoisotopic (exact) mass is 306 g/mol. The molecule has 0 radical (unpaired) electrons. The number of benzene rings is 1. The maximum absolute atomic E-state index is 5.77. The van der Waals surface area contributed by atoms with Gasteiger partial charge in [0.05, 0.1) is 11.4 Å². The van der Waals surface area contributed by atoms with Crippen LogP contribution in [0.4, 0.5) is 0 Å². The molecule has 0 aliphatic rings. The van der Waals surface area contributed by atoms with Crippen molar-refractivity contribution >= 4 is 15.9 Å². The van der Waals surface area contributed by atoms with E-state index in [1.165, 1.54) is 0 Å². The Balaban J connectivity index is 2.08. The van der Waals surface area contributed by atoms with Gasteiger partial charge in [-0.1, -0.05) is 28.1 Å². The van der Waals surface area contributed by atoms with Gasteiger partial charge in [-0.2, -0.15) is 0 Å². The van der Waals surface area contributed by atoms with Crippen LogP contribution in [0, 0.1) is 6.92 Å². The van der Waals surface area contributed by atoms with Crippen LogP contribution in [0.2, 0.25) is 0 Å². The van der Waals surface area contributed by atoms with Crippen LogP contribution in [-0.2, 0) is 13.2 Å². The minimum atomic E-state index is 0.448. The highest BCUT2D eigenvalue weighted by atomic mass is 79.9. The topological polar surface area (TPSA) is 48.1 Å². The molecule has 2 aromatic rings. The Morgan fingerprint density at radius 3 is 2.78 bits per heavy atom. The minimum absolute atomic E-state index is 0.448. The van der Waals surface area contributed by atoms with Gasteiger partial charge >= 0.3 is 0 Å². The van der Waals surface area contributed by atoms with Crippen LogP contribution in [0.3, 0.4) is 0 Å². The molecule has 0 atom stereocenters. The fourth-order valence-corrected chi connectivity index (χ4v) is 1.94. The highest BCUT2D eigenvalue weighted by Crippen LogP contribution is 2.23. The average Bonchev–Trinajstić information content (AvgIpc) is 2.40. The molecule has 2 rings (SSSR count). The summed E-state index contributed by atoms with van der Waals surface area (Å²) in [6, 6.07) is 11.8. The van der Waals surface area contributed by atoms with Gasteiger partial charge in [-0.05, 0) is 36.8 Å². The van der Waals surface area contributed by atoms with Gasteiger partial charge in [0, 0.05) is 11.0 Å². The largest absolute Gasteiger partial charge is 0.487 e. The highest BCUT2D eigenvalue weighted by Gasteiger charge is 2.02. The number of aromatic nitrogens is 1. The number of nitrogens with zero attached hydrogens (tertiary/aromatic N) is 1. The van der Waals surface area contributed by atoms with Crippen LogP contribution >= 0.6 is 15.9 Å². The van der Waals surface area contributed by atoms with Crippen LogP contribution in [-0.4, -0.2) is 4.98 Å². The molecule has 1 heterocycles. The number of hydrogen-bond donors (Lipinski definition) is 1. The molecule has 0 amide bonds. The zero-order valence-electron chi connectivity index (χ0n) is 10.2. The third-order valence-corrected chi connectivity index (χ3v) is 3.09. The predicted molar refractivity (Wildman–Crippen MR) is 75.3 cm³/mol. The SMILES string of the molecule is Cc1ccc(Br)cc1OCc1cccc(CN)n1. The van der Waals surface area contributed by atoms with Gasteiger partial charge in [-0.15, -0.1) is 0 Å². The standard InChI is InChI=1S/C14H15BrN2O/c1-10-5-6-11(15)7-14(10)18-9-13-4-2-3-12(8-16)17-13/h2-7H,8-9,16H2,1H3. The van der Waals surface area contributed by atoms with Crippen molar-refractivity contribution in [3.63, 3.8) is 0 Å². The van der Waals surface area contributed by atoms with Gasteiger partial charge in [0.25, 0.3) is 0 Å². The van der Waals surface area contributed by atoms with Crippen molar-refractivity contribution in [3.8, 4) is 5.75 Å². The Kier molecular flexibility index (Phi) is 4.33. The van der Waals surface area contributed by atoms with Gasteiger partial charge in [-0.3, -0.25) is 4.98 Å². The van der Waals surface area contributed by atoms with Gasteiger partial charge in [-0.25, -0.2) is 0 Å². The second-order valence-electron chi connectivity index (χ2n) is 4.02. The van der Waals surface area contributed by atoms with E-state index in [9.17, 15) is 0 Å². The van der Waals surface area contributed by atoms with Crippen LogP contribution in [0.15, 0.2) is 40.9 Å². The number of aryl methyl sites for hydroxylation is 1. The number of halogens is 1. The quantitative estimate of drug-likeness (QED) is 0.943. The number of rotatable bonds is 4. The Labute approximate surface area is 115 Å². The molecular weight excluding hydrogens is 292 g/mol. The normalized spacial score (nSPS) is 10.4. The maximum atomic E-state index is 5.77. The van der Waals surface area contributed by atoms with Crippen molar-refractivity contribution in [1.82, 2.24) is 4.98 Å². The summed E-state index contributed by atoms with van der Waals surface area (Å²) in [5.41, 5.74) is 8.43. The first-order valence-corrected chi connectivity index (χ1v) is 6.52. The fraction of sp³-hybridized carbons (Fsp3) is 0.214. The second kappa shape index (κ2) is 5.98. The first-order chi connectivity index (χ1) is 8.69. The Morgan fingerprint density at radius 1 is 1.22 bits per heavy atom. The molecule has 1 aromatic carbocycles. The molecule has 0 bridgehead atoms. The lowest BCUT2D eigenvalue weighted by Gasteiger charge is -2.09. The van der Waals surface area contributed by atoms with Gasteiger partial charge in [0.15, 0.2) is 0 Å². The zero-order valence-corrected chi connectivity index (χ0v) is 11.8. The lowest BCUT2D eigenvalue weighted by Crippen LogP contribution is -2.04. The second-order valence-corrected chi connectivity index (χ2v) is 4.94. The van der Waals surface area contributed by atoms with E-state index in [2.05, 4.69) is 20.9 Å². The summed E-state index contributed by atoms with van der Waals surface area (Å²) in [5, 5.41) is 0. The van der Waals surface area contributed by atoms with E-state index in [0.29, 0.717) is 13.2 Å². The molecule has 3 nitrogen and oxygen atoms in total. The molecule has 0 fully saturated rings. The van der Waals surface area contributed by atoms with E-state index in [-0.39, 0.29) is 0 Å². The summed E-state index contributed by atoms with van der Waals surface area (Å²) in [5.74, 6) is 0.865. The minimum Gasteiger partial charge on any atom is -0.487 e. The molecule has 2 N–H and O–H groups in total.